The molecule has 2 atom stereocenters. The molecule has 2 fully saturated rings. The molecule has 2 aromatic rings. The average molecular weight is 316 g/mol. The Bertz CT molecular complexity index is 780. The second-order valence-electron chi connectivity index (χ2n) is 6.77. The number of aromatic amines is 1. The highest BCUT2D eigenvalue weighted by molar-refractivity contribution is 5.86. The van der Waals surface area contributed by atoms with E-state index in [1.165, 1.54) is 17.7 Å². The number of H-pyrrole nitrogens is 1. The second kappa shape index (κ2) is 6.17. The van der Waals surface area contributed by atoms with Gasteiger partial charge in [-0.2, -0.15) is 0 Å². The van der Waals surface area contributed by atoms with E-state index in [0.29, 0.717) is 12.6 Å². The van der Waals surface area contributed by atoms with Crippen LogP contribution in [0.4, 0.5) is 0 Å². The zero-order chi connectivity index (χ0) is 18.3. The van der Waals surface area contributed by atoms with Crippen LogP contribution >= 0.6 is 0 Å². The third kappa shape index (κ3) is 2.74. The molecular formula is C19H27N3O. The summed E-state index contributed by atoms with van der Waals surface area (Å²) in [5.41, 5.74) is 3.57. The third-order valence-electron chi connectivity index (χ3n) is 5.37. The van der Waals surface area contributed by atoms with Gasteiger partial charge in [0.15, 0.2) is 0 Å². The predicted octanol–water partition coefficient (Wildman–Crippen LogP) is 3.24. The van der Waals surface area contributed by atoms with Crippen molar-refractivity contribution >= 4 is 10.9 Å². The number of likely N-dealkylation sites (N-methyl/N-ethyl adjacent to an activating group) is 1. The molecule has 0 saturated carbocycles. The fourth-order valence-electron chi connectivity index (χ4n) is 4.11. The molecule has 1 aromatic carbocycles. The number of ether oxygens (including phenoxy) is 1. The maximum absolute atomic E-state index is 7.85. The lowest BCUT2D eigenvalue weighted by atomic mass is 9.97. The van der Waals surface area contributed by atoms with Crippen LogP contribution in [-0.4, -0.2) is 43.1 Å². The minimum absolute atomic E-state index is 0.0628. The fourth-order valence-corrected chi connectivity index (χ4v) is 4.11. The Morgan fingerprint density at radius 1 is 1.35 bits per heavy atom. The van der Waals surface area contributed by atoms with Crippen molar-refractivity contribution in [2.75, 3.05) is 27.2 Å². The highest BCUT2D eigenvalue weighted by Gasteiger charge is 2.27. The van der Waals surface area contributed by atoms with E-state index in [0.717, 1.165) is 48.9 Å². The van der Waals surface area contributed by atoms with Crippen LogP contribution in [0.3, 0.4) is 0 Å². The van der Waals surface area contributed by atoms with Crippen molar-refractivity contribution in [3.63, 3.8) is 0 Å². The summed E-state index contributed by atoms with van der Waals surface area (Å²) in [6.07, 6.45) is 4.94. The van der Waals surface area contributed by atoms with Crippen LogP contribution < -0.4 is 10.1 Å². The molecule has 124 valence electrons. The number of likely N-dealkylation sites (tertiary alicyclic amines) is 1. The van der Waals surface area contributed by atoms with Gasteiger partial charge in [-0.1, -0.05) is 0 Å². The summed E-state index contributed by atoms with van der Waals surface area (Å²) in [5, 5.41) is 4.74. The molecule has 2 aliphatic rings. The molecule has 2 N–H and O–H groups in total. The maximum atomic E-state index is 7.85. The summed E-state index contributed by atoms with van der Waals surface area (Å²) in [6, 6.07) is 6.50. The number of methoxy groups -OCH3 is 1. The average Bonchev–Trinajstić information content (AvgIpc) is 3.34. The first-order chi connectivity index (χ1) is 12.5. The molecule has 0 aliphatic carbocycles. The minimum Gasteiger partial charge on any atom is -0.497 e. The lowest BCUT2D eigenvalue weighted by Crippen LogP contribution is -2.27. The number of rotatable bonds is 4. The quantitative estimate of drug-likeness (QED) is 0.910. The standard InChI is InChI=1S/C19H27N3O/c1-22-10-4-5-13(22)11-16-15-12-14(23-2)7-8-17(15)21-19(16)18-6-3-9-20-18/h7-8,12-13,18,20-21H,3-6,9-11H2,1-2H3/t13-,18?/m1/s1/i1D3. The van der Waals surface area contributed by atoms with Gasteiger partial charge < -0.3 is 19.9 Å². The minimum atomic E-state index is -2.02. The van der Waals surface area contributed by atoms with Crippen LogP contribution in [0, 0.1) is 0 Å². The lowest BCUT2D eigenvalue weighted by Gasteiger charge is -2.21. The van der Waals surface area contributed by atoms with Crippen molar-refractivity contribution in [3.8, 4) is 5.75 Å². The number of nitrogens with zero attached hydrogens (tertiary/aromatic N) is 1. The molecule has 0 spiro atoms. The predicted molar refractivity (Wildman–Crippen MR) is 94.2 cm³/mol. The summed E-state index contributed by atoms with van der Waals surface area (Å²) in [7, 11) is 1.68. The van der Waals surface area contributed by atoms with Gasteiger partial charge in [-0.05, 0) is 75.9 Å². The normalized spacial score (nSPS) is 28.0. The van der Waals surface area contributed by atoms with E-state index in [-0.39, 0.29) is 6.04 Å². The molecule has 4 rings (SSSR count). The van der Waals surface area contributed by atoms with Gasteiger partial charge in [-0.15, -0.1) is 0 Å². The zero-order valence-corrected chi connectivity index (χ0v) is 13.7. The Morgan fingerprint density at radius 2 is 2.30 bits per heavy atom. The van der Waals surface area contributed by atoms with Crippen LogP contribution in [0.15, 0.2) is 18.2 Å². The maximum Gasteiger partial charge on any atom is 0.119 e. The van der Waals surface area contributed by atoms with E-state index in [4.69, 9.17) is 8.85 Å². The van der Waals surface area contributed by atoms with E-state index in [2.05, 4.69) is 22.4 Å². The molecule has 4 nitrogen and oxygen atoms in total. The molecule has 4 heteroatoms. The molecule has 2 saturated heterocycles. The summed E-state index contributed by atoms with van der Waals surface area (Å²) < 4.78 is 29.0. The Morgan fingerprint density at radius 3 is 3.09 bits per heavy atom. The topological polar surface area (TPSA) is 40.3 Å². The molecule has 0 radical (unpaired) electrons. The molecule has 0 amide bonds. The summed E-state index contributed by atoms with van der Waals surface area (Å²) in [4.78, 5) is 5.31. The van der Waals surface area contributed by atoms with E-state index in [1.807, 2.05) is 6.07 Å². The third-order valence-corrected chi connectivity index (χ3v) is 5.37. The molecule has 1 unspecified atom stereocenters. The number of fused-ring (bicyclic) bond motifs is 1. The van der Waals surface area contributed by atoms with E-state index in [1.54, 1.807) is 12.0 Å². The molecule has 3 heterocycles. The van der Waals surface area contributed by atoms with Crippen molar-refractivity contribution in [3.05, 3.63) is 29.5 Å². The Labute approximate surface area is 142 Å². The lowest BCUT2D eigenvalue weighted by molar-refractivity contribution is 0.309. The van der Waals surface area contributed by atoms with Crippen molar-refractivity contribution < 1.29 is 8.85 Å². The number of benzene rings is 1. The molecule has 23 heavy (non-hydrogen) atoms. The molecule has 2 aliphatic heterocycles. The van der Waals surface area contributed by atoms with Crippen LogP contribution in [0.5, 0.6) is 5.75 Å². The van der Waals surface area contributed by atoms with E-state index in [9.17, 15) is 0 Å². The highest BCUT2D eigenvalue weighted by Crippen LogP contribution is 2.35. The van der Waals surface area contributed by atoms with Crippen LogP contribution in [0.25, 0.3) is 10.9 Å². The SMILES string of the molecule is [2H]C([2H])([2H])N1CCC[C@@H]1Cc1c(C2CCCN2)[nH]c2ccc(OC)cc12. The van der Waals surface area contributed by atoms with Gasteiger partial charge >= 0.3 is 0 Å². The first-order valence-electron chi connectivity index (χ1n) is 10.2. The Kier molecular flexibility index (Phi) is 3.20. The Hall–Kier alpha value is -1.52. The largest absolute Gasteiger partial charge is 0.497 e. The van der Waals surface area contributed by atoms with Gasteiger partial charge in [0.1, 0.15) is 5.75 Å². The monoisotopic (exact) mass is 316 g/mol. The van der Waals surface area contributed by atoms with Crippen molar-refractivity contribution in [1.29, 1.82) is 0 Å². The van der Waals surface area contributed by atoms with Crippen molar-refractivity contribution in [2.24, 2.45) is 0 Å². The summed E-state index contributed by atoms with van der Waals surface area (Å²) >= 11 is 0. The van der Waals surface area contributed by atoms with Gasteiger partial charge in [0.25, 0.3) is 0 Å². The fraction of sp³-hybridized carbons (Fsp3) is 0.579. The summed E-state index contributed by atoms with van der Waals surface area (Å²) in [6.45, 7) is -0.325. The van der Waals surface area contributed by atoms with Gasteiger partial charge in [-0.3, -0.25) is 0 Å². The molecule has 1 aromatic heterocycles. The summed E-state index contributed by atoms with van der Waals surface area (Å²) in [5.74, 6) is 0.836. The number of aromatic nitrogens is 1. The van der Waals surface area contributed by atoms with Gasteiger partial charge in [-0.25, -0.2) is 0 Å². The first kappa shape index (κ1) is 11.9. The zero-order valence-electron chi connectivity index (χ0n) is 16.7. The molecule has 0 bridgehead atoms. The smallest absolute Gasteiger partial charge is 0.119 e. The second-order valence-corrected chi connectivity index (χ2v) is 6.77. The van der Waals surface area contributed by atoms with E-state index < -0.39 is 6.98 Å². The highest BCUT2D eigenvalue weighted by atomic mass is 16.5. The number of nitrogens with one attached hydrogen (secondary N) is 2. The van der Waals surface area contributed by atoms with Gasteiger partial charge in [0.2, 0.25) is 0 Å². The van der Waals surface area contributed by atoms with E-state index >= 15 is 0 Å². The van der Waals surface area contributed by atoms with Gasteiger partial charge in [0, 0.05) is 32.8 Å². The number of hydrogen-bond donors (Lipinski definition) is 2. The first-order valence-corrected chi connectivity index (χ1v) is 8.66. The Balaban J connectivity index is 1.74. The van der Waals surface area contributed by atoms with Crippen LogP contribution in [0.1, 0.15) is 47.1 Å². The number of hydrogen-bond acceptors (Lipinski definition) is 3. The molecular weight excluding hydrogens is 286 g/mol. The van der Waals surface area contributed by atoms with Crippen LogP contribution in [0.2, 0.25) is 0 Å². The van der Waals surface area contributed by atoms with Crippen LogP contribution in [-0.2, 0) is 6.42 Å². The van der Waals surface area contributed by atoms with Crippen molar-refractivity contribution in [1.82, 2.24) is 15.2 Å². The van der Waals surface area contributed by atoms with Gasteiger partial charge in [0.05, 0.1) is 7.11 Å². The van der Waals surface area contributed by atoms with Crippen molar-refractivity contribution in [2.45, 2.75) is 44.2 Å².